The molecule has 0 aliphatic rings. The number of hydrogen-bond acceptors (Lipinski definition) is 2. The van der Waals surface area contributed by atoms with Gasteiger partial charge in [-0.1, -0.05) is 29.8 Å². The van der Waals surface area contributed by atoms with Gasteiger partial charge in [-0.25, -0.2) is 0 Å². The minimum Gasteiger partial charge on any atom is -0.397 e. The van der Waals surface area contributed by atoms with Crippen molar-refractivity contribution in [2.45, 2.75) is 27.2 Å². The van der Waals surface area contributed by atoms with Crippen LogP contribution in [0, 0.1) is 20.8 Å². The first-order chi connectivity index (χ1) is 9.06. The maximum absolute atomic E-state index is 5.99. The summed E-state index contributed by atoms with van der Waals surface area (Å²) >= 11 is 0. The van der Waals surface area contributed by atoms with Gasteiger partial charge in [0, 0.05) is 6.54 Å². The van der Waals surface area contributed by atoms with E-state index in [-0.39, 0.29) is 0 Å². The van der Waals surface area contributed by atoms with Crippen molar-refractivity contribution in [3.05, 3.63) is 58.7 Å². The van der Waals surface area contributed by atoms with E-state index in [1.807, 2.05) is 12.1 Å². The molecule has 0 bridgehead atoms. The van der Waals surface area contributed by atoms with Gasteiger partial charge in [0.2, 0.25) is 0 Å². The lowest BCUT2D eigenvalue weighted by molar-refractivity contribution is 1.00. The van der Waals surface area contributed by atoms with Crippen molar-refractivity contribution in [3.63, 3.8) is 0 Å². The lowest BCUT2D eigenvalue weighted by Crippen LogP contribution is -2.07. The van der Waals surface area contributed by atoms with E-state index in [0.717, 1.165) is 24.3 Å². The molecule has 0 spiro atoms. The van der Waals surface area contributed by atoms with Gasteiger partial charge in [0.1, 0.15) is 0 Å². The summed E-state index contributed by atoms with van der Waals surface area (Å²) in [6.45, 7) is 7.25. The quantitative estimate of drug-likeness (QED) is 0.813. The molecular formula is C17H22N2. The molecule has 0 amide bonds. The molecule has 19 heavy (non-hydrogen) atoms. The van der Waals surface area contributed by atoms with E-state index in [1.165, 1.54) is 22.3 Å². The van der Waals surface area contributed by atoms with E-state index in [4.69, 9.17) is 5.73 Å². The molecule has 0 unspecified atom stereocenters. The highest BCUT2D eigenvalue weighted by Crippen LogP contribution is 2.19. The average Bonchev–Trinajstić information content (AvgIpc) is 2.34. The highest BCUT2D eigenvalue weighted by molar-refractivity contribution is 5.66. The van der Waals surface area contributed by atoms with E-state index in [0.29, 0.717) is 0 Å². The highest BCUT2D eigenvalue weighted by atomic mass is 14.9. The number of anilines is 2. The number of rotatable bonds is 4. The van der Waals surface area contributed by atoms with Gasteiger partial charge in [0.15, 0.2) is 0 Å². The first kappa shape index (κ1) is 13.5. The number of hydrogen-bond donors (Lipinski definition) is 2. The van der Waals surface area contributed by atoms with Crippen LogP contribution in [-0.2, 0) is 6.42 Å². The fourth-order valence-corrected chi connectivity index (χ4v) is 2.30. The molecule has 2 rings (SSSR count). The molecular weight excluding hydrogens is 232 g/mol. The summed E-state index contributed by atoms with van der Waals surface area (Å²) in [7, 11) is 0. The van der Waals surface area contributed by atoms with Crippen LogP contribution >= 0.6 is 0 Å². The molecule has 0 saturated carbocycles. The van der Waals surface area contributed by atoms with Gasteiger partial charge in [-0.2, -0.15) is 0 Å². The second kappa shape index (κ2) is 5.79. The predicted molar refractivity (Wildman–Crippen MR) is 83.7 cm³/mol. The van der Waals surface area contributed by atoms with Crippen molar-refractivity contribution in [3.8, 4) is 0 Å². The zero-order valence-corrected chi connectivity index (χ0v) is 12.0. The van der Waals surface area contributed by atoms with Crippen molar-refractivity contribution in [1.29, 1.82) is 0 Å². The largest absolute Gasteiger partial charge is 0.397 e. The maximum Gasteiger partial charge on any atom is 0.0574 e. The molecule has 0 aliphatic carbocycles. The molecule has 0 aliphatic heterocycles. The fraction of sp³-hybridized carbons (Fsp3) is 0.294. The van der Waals surface area contributed by atoms with E-state index in [1.54, 1.807) is 0 Å². The first-order valence-electron chi connectivity index (χ1n) is 6.72. The Morgan fingerprint density at radius 1 is 0.947 bits per heavy atom. The SMILES string of the molecule is Cc1ccc(CCNc2ccc(C)cc2N)c(C)c1. The molecule has 0 fully saturated rings. The van der Waals surface area contributed by atoms with Crippen LogP contribution in [-0.4, -0.2) is 6.54 Å². The third kappa shape index (κ3) is 3.50. The van der Waals surface area contributed by atoms with Crippen LogP contribution in [0.15, 0.2) is 36.4 Å². The third-order valence-corrected chi connectivity index (χ3v) is 3.41. The standard InChI is InChI=1S/C17H22N2/c1-12-4-6-15(14(3)10-12)8-9-19-17-7-5-13(2)11-16(17)18/h4-7,10-11,19H,8-9,18H2,1-3H3. The van der Waals surface area contributed by atoms with Crippen molar-refractivity contribution >= 4 is 11.4 Å². The fourth-order valence-electron chi connectivity index (χ4n) is 2.30. The number of nitrogens with two attached hydrogens (primary N) is 1. The van der Waals surface area contributed by atoms with Crippen molar-refractivity contribution in [2.24, 2.45) is 0 Å². The molecule has 100 valence electrons. The predicted octanol–water partition coefficient (Wildman–Crippen LogP) is 3.85. The number of nitrogens with one attached hydrogen (secondary N) is 1. The van der Waals surface area contributed by atoms with Crippen LogP contribution in [0.2, 0.25) is 0 Å². The van der Waals surface area contributed by atoms with Crippen LogP contribution in [0.3, 0.4) is 0 Å². The van der Waals surface area contributed by atoms with Gasteiger partial charge in [0.25, 0.3) is 0 Å². The summed E-state index contributed by atoms with van der Waals surface area (Å²) in [5, 5.41) is 3.41. The summed E-state index contributed by atoms with van der Waals surface area (Å²) in [4.78, 5) is 0. The molecule has 0 aromatic heterocycles. The molecule has 0 heterocycles. The second-order valence-corrected chi connectivity index (χ2v) is 5.20. The Kier molecular flexibility index (Phi) is 4.10. The van der Waals surface area contributed by atoms with Crippen LogP contribution in [0.4, 0.5) is 11.4 Å². The molecule has 0 atom stereocenters. The van der Waals surface area contributed by atoms with E-state index < -0.39 is 0 Å². The van der Waals surface area contributed by atoms with Crippen molar-refractivity contribution in [1.82, 2.24) is 0 Å². The molecule has 0 saturated heterocycles. The van der Waals surface area contributed by atoms with Gasteiger partial charge < -0.3 is 11.1 Å². The Bertz CT molecular complexity index is 522. The third-order valence-electron chi connectivity index (χ3n) is 3.41. The summed E-state index contributed by atoms with van der Waals surface area (Å²) in [6.07, 6.45) is 1.01. The Morgan fingerprint density at radius 3 is 2.32 bits per heavy atom. The Hall–Kier alpha value is -1.96. The summed E-state index contributed by atoms with van der Waals surface area (Å²) in [5.41, 5.74) is 13.1. The molecule has 0 radical (unpaired) electrons. The van der Waals surface area contributed by atoms with E-state index in [9.17, 15) is 0 Å². The normalized spacial score (nSPS) is 10.5. The average molecular weight is 254 g/mol. The van der Waals surface area contributed by atoms with Gasteiger partial charge in [-0.15, -0.1) is 0 Å². The molecule has 2 nitrogen and oxygen atoms in total. The Labute approximate surface area is 115 Å². The van der Waals surface area contributed by atoms with Crippen LogP contribution in [0.25, 0.3) is 0 Å². The van der Waals surface area contributed by atoms with Crippen molar-refractivity contribution in [2.75, 3.05) is 17.6 Å². The van der Waals surface area contributed by atoms with Gasteiger partial charge in [-0.05, 0) is 56.0 Å². The van der Waals surface area contributed by atoms with Gasteiger partial charge in [-0.3, -0.25) is 0 Å². The van der Waals surface area contributed by atoms with Gasteiger partial charge >= 0.3 is 0 Å². The summed E-state index contributed by atoms with van der Waals surface area (Å²) in [5.74, 6) is 0. The number of nitrogen functional groups attached to an aromatic ring is 1. The lowest BCUT2D eigenvalue weighted by Gasteiger charge is -2.11. The Morgan fingerprint density at radius 2 is 1.63 bits per heavy atom. The molecule has 2 aromatic rings. The smallest absolute Gasteiger partial charge is 0.0574 e. The number of benzene rings is 2. The number of aryl methyl sites for hydroxylation is 3. The zero-order valence-electron chi connectivity index (χ0n) is 12.0. The van der Waals surface area contributed by atoms with Crippen LogP contribution in [0.1, 0.15) is 22.3 Å². The van der Waals surface area contributed by atoms with Gasteiger partial charge in [0.05, 0.1) is 11.4 Å². The van der Waals surface area contributed by atoms with E-state index in [2.05, 4.69) is 50.4 Å². The summed E-state index contributed by atoms with van der Waals surface area (Å²) < 4.78 is 0. The second-order valence-electron chi connectivity index (χ2n) is 5.20. The zero-order chi connectivity index (χ0) is 13.8. The van der Waals surface area contributed by atoms with Crippen LogP contribution < -0.4 is 11.1 Å². The lowest BCUT2D eigenvalue weighted by atomic mass is 10.0. The molecule has 2 heteroatoms. The highest BCUT2D eigenvalue weighted by Gasteiger charge is 2.01. The van der Waals surface area contributed by atoms with Crippen LogP contribution in [0.5, 0.6) is 0 Å². The Balaban J connectivity index is 1.96. The monoisotopic (exact) mass is 254 g/mol. The maximum atomic E-state index is 5.99. The first-order valence-corrected chi connectivity index (χ1v) is 6.72. The van der Waals surface area contributed by atoms with E-state index >= 15 is 0 Å². The minimum atomic E-state index is 0.820. The summed E-state index contributed by atoms with van der Waals surface area (Å²) in [6, 6.07) is 12.7. The topological polar surface area (TPSA) is 38.0 Å². The van der Waals surface area contributed by atoms with Crippen molar-refractivity contribution < 1.29 is 0 Å². The molecule has 3 N–H and O–H groups in total. The molecule has 2 aromatic carbocycles. The minimum absolute atomic E-state index is 0.820.